The van der Waals surface area contributed by atoms with Crippen LogP contribution in [0, 0.1) is 5.41 Å². The van der Waals surface area contributed by atoms with E-state index in [0.29, 0.717) is 6.04 Å². The highest BCUT2D eigenvalue weighted by atomic mass is 16.5. The molecule has 1 fully saturated rings. The first-order valence-corrected chi connectivity index (χ1v) is 6.44. The standard InChI is InChI=1S/C13H25NO3/c1-13(2,12(16)17-3)10-14-8-4-6-11(14)7-5-9-15/h11,15H,4-10H2,1-3H3. The molecular formula is C13H25NO3. The van der Waals surface area contributed by atoms with Crippen LogP contribution >= 0.6 is 0 Å². The van der Waals surface area contributed by atoms with Crippen LogP contribution in [0.15, 0.2) is 0 Å². The predicted molar refractivity (Wildman–Crippen MR) is 66.7 cm³/mol. The molecule has 0 aromatic heterocycles. The van der Waals surface area contributed by atoms with E-state index in [4.69, 9.17) is 9.84 Å². The number of hydrogen-bond donors (Lipinski definition) is 1. The number of esters is 1. The van der Waals surface area contributed by atoms with E-state index >= 15 is 0 Å². The molecular weight excluding hydrogens is 218 g/mol. The second-order valence-electron chi connectivity index (χ2n) is 5.51. The fourth-order valence-electron chi connectivity index (χ4n) is 2.61. The molecule has 1 aliphatic heterocycles. The van der Waals surface area contributed by atoms with Gasteiger partial charge in [-0.15, -0.1) is 0 Å². The molecule has 0 spiro atoms. The van der Waals surface area contributed by atoms with Crippen LogP contribution in [-0.4, -0.2) is 48.8 Å². The number of carbonyl (C=O) groups excluding carboxylic acids is 1. The van der Waals surface area contributed by atoms with Crippen molar-refractivity contribution in [2.45, 2.75) is 45.6 Å². The third kappa shape index (κ3) is 3.96. The quantitative estimate of drug-likeness (QED) is 0.717. The Morgan fingerprint density at radius 3 is 2.82 bits per heavy atom. The molecule has 1 aliphatic rings. The number of nitrogens with zero attached hydrogens (tertiary/aromatic N) is 1. The van der Waals surface area contributed by atoms with Crippen molar-refractivity contribution in [3.05, 3.63) is 0 Å². The Labute approximate surface area is 104 Å². The Morgan fingerprint density at radius 1 is 1.53 bits per heavy atom. The molecule has 0 aliphatic carbocycles. The minimum atomic E-state index is -0.448. The number of carbonyl (C=O) groups is 1. The molecule has 0 aromatic carbocycles. The average Bonchev–Trinajstić information content (AvgIpc) is 2.71. The second kappa shape index (κ2) is 6.36. The maximum absolute atomic E-state index is 11.7. The SMILES string of the molecule is COC(=O)C(C)(C)CN1CCCC1CCCO. The lowest BCUT2D eigenvalue weighted by atomic mass is 9.92. The van der Waals surface area contributed by atoms with E-state index < -0.39 is 5.41 Å². The van der Waals surface area contributed by atoms with Crippen molar-refractivity contribution < 1.29 is 14.6 Å². The summed E-state index contributed by atoms with van der Waals surface area (Å²) in [5.41, 5.74) is -0.448. The van der Waals surface area contributed by atoms with Crippen molar-refractivity contribution in [3.63, 3.8) is 0 Å². The van der Waals surface area contributed by atoms with E-state index in [1.54, 1.807) is 0 Å². The molecule has 0 bridgehead atoms. The molecule has 4 nitrogen and oxygen atoms in total. The molecule has 1 atom stereocenters. The van der Waals surface area contributed by atoms with E-state index in [2.05, 4.69) is 4.90 Å². The molecule has 0 radical (unpaired) electrons. The number of hydrogen-bond acceptors (Lipinski definition) is 4. The average molecular weight is 243 g/mol. The summed E-state index contributed by atoms with van der Waals surface area (Å²) in [5, 5.41) is 8.88. The summed E-state index contributed by atoms with van der Waals surface area (Å²) in [6, 6.07) is 0.520. The van der Waals surface area contributed by atoms with Gasteiger partial charge in [0.25, 0.3) is 0 Å². The van der Waals surface area contributed by atoms with Crippen LogP contribution < -0.4 is 0 Å². The van der Waals surface area contributed by atoms with Crippen molar-refractivity contribution in [1.82, 2.24) is 4.90 Å². The van der Waals surface area contributed by atoms with Crippen LogP contribution in [0.3, 0.4) is 0 Å². The van der Waals surface area contributed by atoms with Gasteiger partial charge in [0.05, 0.1) is 12.5 Å². The number of likely N-dealkylation sites (tertiary alicyclic amines) is 1. The van der Waals surface area contributed by atoms with Gasteiger partial charge in [0, 0.05) is 19.2 Å². The minimum absolute atomic E-state index is 0.148. The largest absolute Gasteiger partial charge is 0.469 e. The van der Waals surface area contributed by atoms with Gasteiger partial charge in [-0.2, -0.15) is 0 Å². The highest BCUT2D eigenvalue weighted by Gasteiger charge is 2.35. The van der Waals surface area contributed by atoms with Crippen LogP contribution in [-0.2, 0) is 9.53 Å². The Balaban J connectivity index is 2.51. The highest BCUT2D eigenvalue weighted by molar-refractivity contribution is 5.76. The first-order valence-electron chi connectivity index (χ1n) is 6.44. The lowest BCUT2D eigenvalue weighted by Crippen LogP contribution is -2.42. The summed E-state index contributed by atoms with van der Waals surface area (Å²) in [6.07, 6.45) is 4.23. The van der Waals surface area contributed by atoms with Gasteiger partial charge in [0.15, 0.2) is 0 Å². The summed E-state index contributed by atoms with van der Waals surface area (Å²) >= 11 is 0. The molecule has 17 heavy (non-hydrogen) atoms. The van der Waals surface area contributed by atoms with Crippen LogP contribution in [0.4, 0.5) is 0 Å². The summed E-state index contributed by atoms with van der Waals surface area (Å²) < 4.78 is 4.84. The third-order valence-electron chi connectivity index (χ3n) is 3.53. The second-order valence-corrected chi connectivity index (χ2v) is 5.51. The number of rotatable bonds is 6. The van der Waals surface area contributed by atoms with E-state index in [1.807, 2.05) is 13.8 Å². The van der Waals surface area contributed by atoms with E-state index in [9.17, 15) is 4.79 Å². The smallest absolute Gasteiger partial charge is 0.312 e. The molecule has 100 valence electrons. The van der Waals surface area contributed by atoms with Gasteiger partial charge < -0.3 is 9.84 Å². The zero-order valence-corrected chi connectivity index (χ0v) is 11.2. The summed E-state index contributed by atoms with van der Waals surface area (Å²) in [4.78, 5) is 14.0. The van der Waals surface area contributed by atoms with Crippen molar-refractivity contribution in [2.24, 2.45) is 5.41 Å². The van der Waals surface area contributed by atoms with E-state index in [0.717, 1.165) is 25.9 Å². The fourth-order valence-corrected chi connectivity index (χ4v) is 2.61. The van der Waals surface area contributed by atoms with Crippen molar-refractivity contribution >= 4 is 5.97 Å². The zero-order valence-electron chi connectivity index (χ0n) is 11.2. The number of aliphatic hydroxyl groups is 1. The van der Waals surface area contributed by atoms with Gasteiger partial charge in [0.1, 0.15) is 0 Å². The molecule has 0 amide bonds. The maximum atomic E-state index is 11.7. The lowest BCUT2D eigenvalue weighted by Gasteiger charge is -2.31. The highest BCUT2D eigenvalue weighted by Crippen LogP contribution is 2.27. The van der Waals surface area contributed by atoms with E-state index in [1.165, 1.54) is 20.0 Å². The molecule has 1 heterocycles. The Bertz CT molecular complexity index is 253. The predicted octanol–water partition coefficient (Wildman–Crippen LogP) is 1.42. The van der Waals surface area contributed by atoms with Gasteiger partial charge in [-0.05, 0) is 46.1 Å². The minimum Gasteiger partial charge on any atom is -0.469 e. The Hall–Kier alpha value is -0.610. The monoisotopic (exact) mass is 243 g/mol. The summed E-state index contributed by atoms with van der Waals surface area (Å²) in [7, 11) is 1.44. The molecule has 1 rings (SSSR count). The summed E-state index contributed by atoms with van der Waals surface area (Å²) in [6.45, 7) is 5.91. The van der Waals surface area contributed by atoms with Gasteiger partial charge in [-0.3, -0.25) is 9.69 Å². The topological polar surface area (TPSA) is 49.8 Å². The number of methoxy groups -OCH3 is 1. The lowest BCUT2D eigenvalue weighted by molar-refractivity contribution is -0.152. The zero-order chi connectivity index (χ0) is 12.9. The van der Waals surface area contributed by atoms with Crippen LogP contribution in [0.2, 0.25) is 0 Å². The molecule has 1 saturated heterocycles. The summed E-state index contributed by atoms with van der Waals surface area (Å²) in [5.74, 6) is -0.148. The Morgan fingerprint density at radius 2 is 2.24 bits per heavy atom. The van der Waals surface area contributed by atoms with Crippen LogP contribution in [0.5, 0.6) is 0 Å². The van der Waals surface area contributed by atoms with Crippen molar-refractivity contribution in [1.29, 1.82) is 0 Å². The van der Waals surface area contributed by atoms with Crippen LogP contribution in [0.25, 0.3) is 0 Å². The maximum Gasteiger partial charge on any atom is 0.312 e. The molecule has 0 saturated carbocycles. The van der Waals surface area contributed by atoms with Crippen molar-refractivity contribution in [2.75, 3.05) is 26.8 Å². The molecule has 4 heteroatoms. The van der Waals surface area contributed by atoms with Gasteiger partial charge in [-0.1, -0.05) is 0 Å². The first kappa shape index (κ1) is 14.5. The van der Waals surface area contributed by atoms with Gasteiger partial charge in [-0.25, -0.2) is 0 Å². The Kier molecular flexibility index (Phi) is 5.40. The fraction of sp³-hybridized carbons (Fsp3) is 0.923. The van der Waals surface area contributed by atoms with Crippen LogP contribution in [0.1, 0.15) is 39.5 Å². The first-order chi connectivity index (χ1) is 8.01. The van der Waals surface area contributed by atoms with Crippen molar-refractivity contribution in [3.8, 4) is 0 Å². The van der Waals surface area contributed by atoms with E-state index in [-0.39, 0.29) is 12.6 Å². The molecule has 1 unspecified atom stereocenters. The number of ether oxygens (including phenoxy) is 1. The normalized spacial score (nSPS) is 21.8. The molecule has 1 N–H and O–H groups in total. The molecule has 0 aromatic rings. The third-order valence-corrected chi connectivity index (χ3v) is 3.53. The van der Waals surface area contributed by atoms with Gasteiger partial charge >= 0.3 is 5.97 Å². The van der Waals surface area contributed by atoms with Gasteiger partial charge in [0.2, 0.25) is 0 Å². The number of aliphatic hydroxyl groups excluding tert-OH is 1.